The van der Waals surface area contributed by atoms with Crippen molar-refractivity contribution in [1.29, 1.82) is 0 Å². The molecular weight excluding hydrogens is 288 g/mol. The van der Waals surface area contributed by atoms with E-state index >= 15 is 0 Å². The number of nitrogens with zero attached hydrogens (tertiary/aromatic N) is 3. The maximum absolute atomic E-state index is 12.5. The molecule has 7 heteroatoms. The third kappa shape index (κ3) is 2.39. The number of amides is 2. The summed E-state index contributed by atoms with van der Waals surface area (Å²) in [7, 11) is 3.64. The Morgan fingerprint density at radius 2 is 2.24 bits per heavy atom. The molecule has 0 saturated carbocycles. The molecule has 2 saturated heterocycles. The van der Waals surface area contributed by atoms with Crippen LogP contribution in [0.2, 0.25) is 0 Å². The molecule has 114 valence electrons. The van der Waals surface area contributed by atoms with Crippen LogP contribution in [0.25, 0.3) is 0 Å². The summed E-state index contributed by atoms with van der Waals surface area (Å²) in [5.41, 5.74) is 0.114. The number of thiazole rings is 1. The summed E-state index contributed by atoms with van der Waals surface area (Å²) < 4.78 is 0. The number of piperidine rings is 1. The van der Waals surface area contributed by atoms with Crippen LogP contribution in [0.1, 0.15) is 29.8 Å². The first-order valence-corrected chi connectivity index (χ1v) is 8.12. The quantitative estimate of drug-likeness (QED) is 0.893. The summed E-state index contributed by atoms with van der Waals surface area (Å²) in [6.07, 6.45) is 2.68. The molecule has 21 heavy (non-hydrogen) atoms. The number of anilines is 1. The van der Waals surface area contributed by atoms with Crippen LogP contribution >= 0.6 is 11.3 Å². The van der Waals surface area contributed by atoms with Crippen LogP contribution in [-0.4, -0.2) is 60.3 Å². The first kappa shape index (κ1) is 14.3. The van der Waals surface area contributed by atoms with Crippen molar-refractivity contribution in [2.24, 2.45) is 5.41 Å². The predicted octanol–water partition coefficient (Wildman–Crippen LogP) is 1.27. The van der Waals surface area contributed by atoms with Gasteiger partial charge in [-0.05, 0) is 19.3 Å². The Bertz CT molecular complexity index is 573. The number of likely N-dealkylation sites (tertiary alicyclic amines) is 2. The van der Waals surface area contributed by atoms with Crippen LogP contribution < -0.4 is 5.32 Å². The Balaban J connectivity index is 1.74. The van der Waals surface area contributed by atoms with E-state index in [-0.39, 0.29) is 17.2 Å². The fourth-order valence-electron chi connectivity index (χ4n) is 3.34. The molecule has 1 aromatic rings. The molecule has 0 bridgehead atoms. The van der Waals surface area contributed by atoms with Crippen LogP contribution in [0.15, 0.2) is 5.38 Å². The lowest BCUT2D eigenvalue weighted by Crippen LogP contribution is -2.48. The molecular formula is C14H20N4O2S. The van der Waals surface area contributed by atoms with E-state index in [1.54, 1.807) is 22.2 Å². The fourth-order valence-corrected chi connectivity index (χ4v) is 3.99. The monoisotopic (exact) mass is 308 g/mol. The fraction of sp³-hybridized carbons (Fsp3) is 0.643. The molecule has 6 nitrogen and oxygen atoms in total. The lowest BCUT2D eigenvalue weighted by Gasteiger charge is -2.37. The van der Waals surface area contributed by atoms with Crippen LogP contribution in [-0.2, 0) is 4.79 Å². The van der Waals surface area contributed by atoms with E-state index in [2.05, 4.69) is 10.3 Å². The summed E-state index contributed by atoms with van der Waals surface area (Å²) >= 11 is 1.42. The second-order valence-corrected chi connectivity index (χ2v) is 6.73. The SMILES string of the molecule is CNc1nc(C(=O)N2CC[C@@]3(CCCN(C)C3=O)C2)cs1. The van der Waals surface area contributed by atoms with Gasteiger partial charge in [0.2, 0.25) is 5.91 Å². The maximum Gasteiger partial charge on any atom is 0.273 e. The van der Waals surface area contributed by atoms with Crippen molar-refractivity contribution in [2.75, 3.05) is 39.0 Å². The van der Waals surface area contributed by atoms with Gasteiger partial charge < -0.3 is 15.1 Å². The van der Waals surface area contributed by atoms with Crippen molar-refractivity contribution in [3.63, 3.8) is 0 Å². The van der Waals surface area contributed by atoms with Crippen molar-refractivity contribution < 1.29 is 9.59 Å². The van der Waals surface area contributed by atoms with Crippen LogP contribution in [0.3, 0.4) is 0 Å². The minimum atomic E-state index is -0.357. The standard InChI is InChI=1S/C14H20N4O2S/c1-15-13-16-10(8-21-13)11(19)18-7-5-14(9-18)4-3-6-17(2)12(14)20/h8H,3-7,9H2,1-2H3,(H,15,16)/t14-/m0/s1. The van der Waals surface area contributed by atoms with E-state index < -0.39 is 0 Å². The highest BCUT2D eigenvalue weighted by Crippen LogP contribution is 2.40. The zero-order chi connectivity index (χ0) is 15.0. The minimum absolute atomic E-state index is 0.0642. The lowest BCUT2D eigenvalue weighted by molar-refractivity contribution is -0.143. The molecule has 1 spiro atoms. The number of hydrogen-bond acceptors (Lipinski definition) is 5. The van der Waals surface area contributed by atoms with Crippen LogP contribution in [0.4, 0.5) is 5.13 Å². The van der Waals surface area contributed by atoms with Gasteiger partial charge in [-0.2, -0.15) is 0 Å². The van der Waals surface area contributed by atoms with Crippen molar-refractivity contribution in [2.45, 2.75) is 19.3 Å². The van der Waals surface area contributed by atoms with E-state index in [1.807, 2.05) is 7.05 Å². The van der Waals surface area contributed by atoms with Gasteiger partial charge in [0.05, 0.1) is 5.41 Å². The predicted molar refractivity (Wildman–Crippen MR) is 81.5 cm³/mol. The molecule has 2 aliphatic rings. The number of aromatic nitrogens is 1. The summed E-state index contributed by atoms with van der Waals surface area (Å²) in [5.74, 6) is 0.129. The van der Waals surface area contributed by atoms with Crippen LogP contribution in [0, 0.1) is 5.41 Å². The van der Waals surface area contributed by atoms with Crippen molar-refractivity contribution in [3.05, 3.63) is 11.1 Å². The number of rotatable bonds is 2. The highest BCUT2D eigenvalue weighted by Gasteiger charge is 2.48. The normalized spacial score (nSPS) is 25.7. The van der Waals surface area contributed by atoms with E-state index in [0.29, 0.717) is 18.8 Å². The Morgan fingerprint density at radius 3 is 2.95 bits per heavy atom. The Labute approximate surface area is 128 Å². The highest BCUT2D eigenvalue weighted by atomic mass is 32.1. The van der Waals surface area contributed by atoms with E-state index in [1.165, 1.54) is 11.3 Å². The molecule has 0 unspecified atom stereocenters. The molecule has 0 aromatic carbocycles. The third-order valence-electron chi connectivity index (χ3n) is 4.53. The molecule has 0 aliphatic carbocycles. The first-order chi connectivity index (χ1) is 10.1. The van der Waals surface area contributed by atoms with Gasteiger partial charge in [-0.15, -0.1) is 11.3 Å². The number of nitrogens with one attached hydrogen (secondary N) is 1. The molecule has 3 rings (SSSR count). The van der Waals surface area contributed by atoms with Crippen molar-refractivity contribution in [1.82, 2.24) is 14.8 Å². The van der Waals surface area contributed by atoms with Gasteiger partial charge in [-0.1, -0.05) is 0 Å². The number of hydrogen-bond donors (Lipinski definition) is 1. The van der Waals surface area contributed by atoms with Gasteiger partial charge in [0.15, 0.2) is 5.13 Å². The Hall–Kier alpha value is -1.63. The molecule has 1 aromatic heterocycles. The summed E-state index contributed by atoms with van der Waals surface area (Å²) in [5, 5.41) is 5.45. The van der Waals surface area contributed by atoms with Gasteiger partial charge in [0.25, 0.3) is 5.91 Å². The van der Waals surface area contributed by atoms with Gasteiger partial charge >= 0.3 is 0 Å². The smallest absolute Gasteiger partial charge is 0.273 e. The van der Waals surface area contributed by atoms with Gasteiger partial charge in [0.1, 0.15) is 5.69 Å². The Morgan fingerprint density at radius 1 is 1.43 bits per heavy atom. The maximum atomic E-state index is 12.5. The largest absolute Gasteiger partial charge is 0.365 e. The van der Waals surface area contributed by atoms with E-state index in [9.17, 15) is 9.59 Å². The zero-order valence-electron chi connectivity index (χ0n) is 12.4. The third-order valence-corrected chi connectivity index (χ3v) is 5.39. The number of carbonyl (C=O) groups is 2. The second kappa shape index (κ2) is 5.29. The molecule has 1 N–H and O–H groups in total. The summed E-state index contributed by atoms with van der Waals surface area (Å²) in [4.78, 5) is 32.8. The molecule has 2 amide bonds. The van der Waals surface area contributed by atoms with E-state index in [4.69, 9.17) is 0 Å². The lowest BCUT2D eigenvalue weighted by atomic mass is 9.78. The topological polar surface area (TPSA) is 65.5 Å². The molecule has 0 radical (unpaired) electrons. The van der Waals surface area contributed by atoms with Crippen molar-refractivity contribution >= 4 is 28.3 Å². The first-order valence-electron chi connectivity index (χ1n) is 7.24. The Kier molecular flexibility index (Phi) is 3.61. The summed E-state index contributed by atoms with van der Waals surface area (Å²) in [6.45, 7) is 2.00. The van der Waals surface area contributed by atoms with Gasteiger partial charge in [-0.3, -0.25) is 9.59 Å². The second-order valence-electron chi connectivity index (χ2n) is 5.88. The molecule has 1 atom stereocenters. The van der Waals surface area contributed by atoms with Crippen LogP contribution in [0.5, 0.6) is 0 Å². The van der Waals surface area contributed by atoms with Gasteiger partial charge in [0, 0.05) is 39.1 Å². The van der Waals surface area contributed by atoms with E-state index in [0.717, 1.165) is 30.9 Å². The minimum Gasteiger partial charge on any atom is -0.365 e. The van der Waals surface area contributed by atoms with Crippen molar-refractivity contribution in [3.8, 4) is 0 Å². The highest BCUT2D eigenvalue weighted by molar-refractivity contribution is 7.13. The number of carbonyl (C=O) groups excluding carboxylic acids is 2. The molecule has 2 aliphatic heterocycles. The zero-order valence-corrected chi connectivity index (χ0v) is 13.2. The average Bonchev–Trinajstić information content (AvgIpc) is 3.12. The average molecular weight is 308 g/mol. The molecule has 3 heterocycles. The van der Waals surface area contributed by atoms with Gasteiger partial charge in [-0.25, -0.2) is 4.98 Å². The summed E-state index contributed by atoms with van der Waals surface area (Å²) in [6, 6.07) is 0. The molecule has 2 fully saturated rings.